The van der Waals surface area contributed by atoms with Crippen molar-refractivity contribution in [3.8, 4) is 0 Å². The van der Waals surface area contributed by atoms with Gasteiger partial charge in [-0.3, -0.25) is 9.59 Å². The number of carbonyl (C=O) groups excluding carboxylic acids is 2. The number of hydrogen-bond acceptors (Lipinski definition) is 6. The Kier molecular flexibility index (Phi) is 7.96. The molecule has 10 heteroatoms. The van der Waals surface area contributed by atoms with E-state index in [-0.39, 0.29) is 24.5 Å². The molecule has 1 fully saturated rings. The Bertz CT molecular complexity index is 1720. The highest BCUT2D eigenvalue weighted by atomic mass is 16.5. The van der Waals surface area contributed by atoms with Crippen LogP contribution in [0.4, 0.5) is 0 Å². The predicted molar refractivity (Wildman–Crippen MR) is 160 cm³/mol. The fourth-order valence-corrected chi connectivity index (χ4v) is 5.69. The smallest absolute Gasteiger partial charge is 0.250 e. The molecule has 0 saturated carbocycles. The zero-order chi connectivity index (χ0) is 29.1. The molecule has 2 atom stereocenters. The molecule has 0 radical (unpaired) electrons. The number of ether oxygens (including phenoxy) is 1. The molecule has 1 N–H and O–H groups in total. The molecule has 0 spiro atoms. The standard InChI is InChI=1S/C32H35N7O3/c1-22-9-7-10-23(19-22)16-17-38(29(40)21-39-28-15-6-4-13-26(28)35-36-39)30(32(41)33-20-24-11-8-18-42-24)31-34-25-12-3-5-14-27(25)37(31)2/h3-7,9-10,12-15,19,24,30H,8,11,16-18,20-21H2,1-2H3,(H,33,41). The van der Waals surface area contributed by atoms with Gasteiger partial charge in [-0.05, 0) is 56.0 Å². The second kappa shape index (κ2) is 12.1. The fraction of sp³-hybridized carbons (Fsp3) is 0.344. The highest BCUT2D eigenvalue weighted by Gasteiger charge is 2.36. The van der Waals surface area contributed by atoms with Gasteiger partial charge in [0, 0.05) is 26.7 Å². The first-order valence-corrected chi connectivity index (χ1v) is 14.4. The number of aryl methyl sites for hydroxylation is 2. The number of nitrogens with zero attached hydrogens (tertiary/aromatic N) is 6. The van der Waals surface area contributed by atoms with Crippen molar-refractivity contribution in [1.82, 2.24) is 34.8 Å². The van der Waals surface area contributed by atoms with Crippen LogP contribution >= 0.6 is 0 Å². The van der Waals surface area contributed by atoms with Gasteiger partial charge >= 0.3 is 0 Å². The number of benzene rings is 3. The molecule has 1 saturated heterocycles. The third kappa shape index (κ3) is 5.75. The Morgan fingerprint density at radius 1 is 1.05 bits per heavy atom. The maximum absolute atomic E-state index is 14.2. The highest BCUT2D eigenvalue weighted by molar-refractivity contribution is 5.90. The number of para-hydroxylation sites is 3. The molecule has 2 aromatic heterocycles. The van der Waals surface area contributed by atoms with Crippen molar-refractivity contribution in [3.63, 3.8) is 0 Å². The fourth-order valence-electron chi connectivity index (χ4n) is 5.69. The lowest BCUT2D eigenvalue weighted by atomic mass is 10.1. The normalized spacial score (nSPS) is 15.7. The third-order valence-corrected chi connectivity index (χ3v) is 7.90. The zero-order valence-corrected chi connectivity index (χ0v) is 23.9. The van der Waals surface area contributed by atoms with Gasteiger partial charge in [0.15, 0.2) is 6.04 Å². The van der Waals surface area contributed by atoms with Crippen LogP contribution in [0.25, 0.3) is 22.1 Å². The van der Waals surface area contributed by atoms with Crippen molar-refractivity contribution in [1.29, 1.82) is 0 Å². The molecule has 1 aliphatic heterocycles. The molecule has 216 valence electrons. The van der Waals surface area contributed by atoms with Crippen LogP contribution in [-0.4, -0.2) is 67.1 Å². The largest absolute Gasteiger partial charge is 0.376 e. The monoisotopic (exact) mass is 565 g/mol. The summed E-state index contributed by atoms with van der Waals surface area (Å²) in [5.74, 6) is -0.0327. The van der Waals surface area contributed by atoms with Gasteiger partial charge < -0.3 is 19.5 Å². The van der Waals surface area contributed by atoms with Crippen LogP contribution in [0, 0.1) is 6.92 Å². The third-order valence-electron chi connectivity index (χ3n) is 7.90. The Morgan fingerprint density at radius 3 is 2.60 bits per heavy atom. The van der Waals surface area contributed by atoms with Gasteiger partial charge in [-0.25, -0.2) is 9.67 Å². The molecular weight excluding hydrogens is 530 g/mol. The van der Waals surface area contributed by atoms with Crippen LogP contribution in [-0.2, 0) is 34.3 Å². The molecule has 2 amide bonds. The summed E-state index contributed by atoms with van der Waals surface area (Å²) >= 11 is 0. The van der Waals surface area contributed by atoms with E-state index in [0.717, 1.165) is 40.5 Å². The Labute approximate surface area is 244 Å². The number of nitrogens with one attached hydrogen (secondary N) is 1. The first-order valence-electron chi connectivity index (χ1n) is 14.4. The molecule has 42 heavy (non-hydrogen) atoms. The average molecular weight is 566 g/mol. The highest BCUT2D eigenvalue weighted by Crippen LogP contribution is 2.26. The van der Waals surface area contributed by atoms with Crippen molar-refractivity contribution in [2.24, 2.45) is 7.05 Å². The number of imidazole rings is 1. The van der Waals surface area contributed by atoms with Crippen molar-refractivity contribution >= 4 is 33.9 Å². The summed E-state index contributed by atoms with van der Waals surface area (Å²) in [6, 6.07) is 22.5. The molecule has 0 bridgehead atoms. The van der Waals surface area contributed by atoms with Gasteiger partial charge in [-0.2, -0.15) is 0 Å². The summed E-state index contributed by atoms with van der Waals surface area (Å²) in [5.41, 5.74) is 5.34. The summed E-state index contributed by atoms with van der Waals surface area (Å²) in [7, 11) is 1.89. The maximum Gasteiger partial charge on any atom is 0.250 e. The Morgan fingerprint density at radius 2 is 1.83 bits per heavy atom. The van der Waals surface area contributed by atoms with E-state index in [0.29, 0.717) is 37.5 Å². The first kappa shape index (κ1) is 27.6. The first-order chi connectivity index (χ1) is 20.5. The maximum atomic E-state index is 14.2. The second-order valence-corrected chi connectivity index (χ2v) is 10.9. The number of carbonyl (C=O) groups is 2. The minimum absolute atomic E-state index is 0.0343. The van der Waals surface area contributed by atoms with Gasteiger partial charge in [0.2, 0.25) is 5.91 Å². The predicted octanol–water partition coefficient (Wildman–Crippen LogP) is 3.73. The lowest BCUT2D eigenvalue weighted by Crippen LogP contribution is -2.48. The molecule has 3 aromatic carbocycles. The van der Waals surface area contributed by atoms with E-state index in [2.05, 4.69) is 21.7 Å². The molecule has 5 aromatic rings. The molecule has 1 aliphatic rings. The molecule has 10 nitrogen and oxygen atoms in total. The molecule has 2 unspecified atom stereocenters. The van der Waals surface area contributed by atoms with Crippen LogP contribution in [0.15, 0.2) is 72.8 Å². The molecule has 0 aliphatic carbocycles. The number of amides is 2. The van der Waals surface area contributed by atoms with Crippen LogP contribution in [0.3, 0.4) is 0 Å². The number of hydrogen-bond donors (Lipinski definition) is 1. The lowest BCUT2D eigenvalue weighted by molar-refractivity contribution is -0.142. The van der Waals surface area contributed by atoms with E-state index in [9.17, 15) is 9.59 Å². The minimum atomic E-state index is -0.962. The molecular formula is C32H35N7O3. The van der Waals surface area contributed by atoms with E-state index in [1.807, 2.05) is 85.3 Å². The van der Waals surface area contributed by atoms with Crippen LogP contribution in [0.5, 0.6) is 0 Å². The topological polar surface area (TPSA) is 107 Å². The Balaban J connectivity index is 1.38. The van der Waals surface area contributed by atoms with E-state index in [1.165, 1.54) is 0 Å². The van der Waals surface area contributed by atoms with Gasteiger partial charge in [-0.1, -0.05) is 59.3 Å². The van der Waals surface area contributed by atoms with Crippen LogP contribution in [0.2, 0.25) is 0 Å². The lowest BCUT2D eigenvalue weighted by Gasteiger charge is -2.31. The minimum Gasteiger partial charge on any atom is -0.376 e. The quantitative estimate of drug-likeness (QED) is 0.277. The van der Waals surface area contributed by atoms with Crippen molar-refractivity contribution in [2.75, 3.05) is 19.7 Å². The van der Waals surface area contributed by atoms with Crippen molar-refractivity contribution < 1.29 is 14.3 Å². The molecule has 3 heterocycles. The van der Waals surface area contributed by atoms with Crippen molar-refractivity contribution in [3.05, 3.63) is 89.7 Å². The second-order valence-electron chi connectivity index (χ2n) is 10.9. The summed E-state index contributed by atoms with van der Waals surface area (Å²) in [5, 5.41) is 11.5. The summed E-state index contributed by atoms with van der Waals surface area (Å²) in [6.07, 6.45) is 2.41. The van der Waals surface area contributed by atoms with E-state index in [4.69, 9.17) is 9.72 Å². The van der Waals surface area contributed by atoms with Gasteiger partial charge in [-0.15, -0.1) is 5.10 Å². The number of rotatable bonds is 10. The zero-order valence-electron chi connectivity index (χ0n) is 23.9. The van der Waals surface area contributed by atoms with E-state index in [1.54, 1.807) is 9.58 Å². The summed E-state index contributed by atoms with van der Waals surface area (Å²) in [4.78, 5) is 34.9. The van der Waals surface area contributed by atoms with Gasteiger partial charge in [0.1, 0.15) is 17.9 Å². The number of aromatic nitrogens is 5. The SMILES string of the molecule is Cc1cccc(CCN(C(=O)Cn2nnc3ccccc32)C(C(=O)NCC2CCCO2)c2nc3ccccc3n2C)c1. The summed E-state index contributed by atoms with van der Waals surface area (Å²) in [6.45, 7) is 3.38. The average Bonchev–Trinajstić information content (AvgIpc) is 3.74. The van der Waals surface area contributed by atoms with Crippen LogP contribution < -0.4 is 5.32 Å². The number of fused-ring (bicyclic) bond motifs is 2. The van der Waals surface area contributed by atoms with E-state index >= 15 is 0 Å². The molecule has 6 rings (SSSR count). The van der Waals surface area contributed by atoms with Gasteiger partial charge in [0.25, 0.3) is 5.91 Å². The summed E-state index contributed by atoms with van der Waals surface area (Å²) < 4.78 is 9.26. The van der Waals surface area contributed by atoms with E-state index < -0.39 is 6.04 Å². The van der Waals surface area contributed by atoms with Gasteiger partial charge in [0.05, 0.1) is 22.7 Å². The van der Waals surface area contributed by atoms with Crippen molar-refractivity contribution in [2.45, 2.75) is 44.9 Å². The van der Waals surface area contributed by atoms with Crippen LogP contribution in [0.1, 0.15) is 35.8 Å². The Hall–Kier alpha value is -4.57.